The summed E-state index contributed by atoms with van der Waals surface area (Å²) in [4.78, 5) is 23.4. The van der Waals surface area contributed by atoms with Crippen LogP contribution in [-0.2, 0) is 26.1 Å². The lowest BCUT2D eigenvalue weighted by atomic mass is 10.1. The first-order valence-corrected chi connectivity index (χ1v) is 10.1. The van der Waals surface area contributed by atoms with E-state index in [0.29, 0.717) is 5.76 Å². The second kappa shape index (κ2) is 8.24. The summed E-state index contributed by atoms with van der Waals surface area (Å²) in [5.74, 6) is -0.929. The standard InChI is InChI=1S/C18H21ClN2O6S/c1-11(22)21-28(24,25)16-8-13(17(23)27-18(2,3)4)15(9-14(16)19)20-10-12-6-5-7-26-12/h5-9,20H,10H2,1-4H3,(H,21,22). The molecule has 2 rings (SSSR count). The highest BCUT2D eigenvalue weighted by molar-refractivity contribution is 7.90. The average molecular weight is 429 g/mol. The van der Waals surface area contributed by atoms with Gasteiger partial charge in [0.25, 0.3) is 10.0 Å². The molecule has 28 heavy (non-hydrogen) atoms. The number of nitrogens with one attached hydrogen (secondary N) is 2. The summed E-state index contributed by atoms with van der Waals surface area (Å²) in [6.07, 6.45) is 1.50. The number of hydrogen-bond acceptors (Lipinski definition) is 7. The van der Waals surface area contributed by atoms with Gasteiger partial charge in [-0.1, -0.05) is 11.6 Å². The molecule has 0 unspecified atom stereocenters. The molecule has 0 bridgehead atoms. The second-order valence-electron chi connectivity index (χ2n) is 6.92. The van der Waals surface area contributed by atoms with Crippen LogP contribution in [0.5, 0.6) is 0 Å². The maximum atomic E-state index is 12.6. The van der Waals surface area contributed by atoms with Crippen molar-refractivity contribution in [1.29, 1.82) is 0 Å². The van der Waals surface area contributed by atoms with Crippen molar-refractivity contribution in [1.82, 2.24) is 4.72 Å². The first kappa shape index (κ1) is 21.8. The minimum Gasteiger partial charge on any atom is -0.467 e. The summed E-state index contributed by atoms with van der Waals surface area (Å²) in [6.45, 7) is 6.35. The van der Waals surface area contributed by atoms with Gasteiger partial charge in [-0.15, -0.1) is 0 Å². The van der Waals surface area contributed by atoms with E-state index in [1.807, 2.05) is 4.72 Å². The van der Waals surface area contributed by atoms with E-state index in [-0.39, 0.29) is 22.8 Å². The minimum atomic E-state index is -4.25. The molecular formula is C18H21ClN2O6S. The molecule has 152 valence electrons. The number of carbonyl (C=O) groups is 2. The summed E-state index contributed by atoms with van der Waals surface area (Å²) in [5, 5.41) is 2.82. The van der Waals surface area contributed by atoms with Crippen LogP contribution in [0.4, 0.5) is 5.69 Å². The molecule has 8 nitrogen and oxygen atoms in total. The van der Waals surface area contributed by atoms with Gasteiger partial charge in [0.05, 0.1) is 29.1 Å². The van der Waals surface area contributed by atoms with Crippen molar-refractivity contribution >= 4 is 39.2 Å². The average Bonchev–Trinajstić information content (AvgIpc) is 3.02. The van der Waals surface area contributed by atoms with E-state index < -0.39 is 32.4 Å². The van der Waals surface area contributed by atoms with Gasteiger partial charge >= 0.3 is 5.97 Å². The molecule has 0 atom stereocenters. The number of carbonyl (C=O) groups excluding carboxylic acids is 2. The predicted molar refractivity (Wildman–Crippen MR) is 104 cm³/mol. The third kappa shape index (κ3) is 5.74. The lowest BCUT2D eigenvalue weighted by Gasteiger charge is -2.21. The third-order valence-corrected chi connectivity index (χ3v) is 5.19. The maximum absolute atomic E-state index is 12.6. The number of halogens is 1. The number of ether oxygens (including phenoxy) is 1. The zero-order chi connectivity index (χ0) is 21.1. The van der Waals surface area contributed by atoms with E-state index in [9.17, 15) is 18.0 Å². The van der Waals surface area contributed by atoms with Crippen molar-refractivity contribution < 1.29 is 27.2 Å². The molecule has 1 heterocycles. The number of amides is 1. The first-order valence-electron chi connectivity index (χ1n) is 8.25. The first-order chi connectivity index (χ1) is 12.9. The van der Waals surface area contributed by atoms with Crippen molar-refractivity contribution in [2.45, 2.75) is 44.7 Å². The quantitative estimate of drug-likeness (QED) is 0.678. The van der Waals surface area contributed by atoms with Crippen LogP contribution in [0.15, 0.2) is 39.8 Å². The van der Waals surface area contributed by atoms with E-state index in [1.165, 1.54) is 12.3 Å². The Bertz CT molecular complexity index is 978. The Kier molecular flexibility index (Phi) is 6.41. The number of benzene rings is 1. The van der Waals surface area contributed by atoms with Crippen molar-refractivity contribution in [2.24, 2.45) is 0 Å². The van der Waals surface area contributed by atoms with Crippen LogP contribution in [0.2, 0.25) is 5.02 Å². The zero-order valence-electron chi connectivity index (χ0n) is 15.8. The van der Waals surface area contributed by atoms with Gasteiger partial charge in [-0.2, -0.15) is 0 Å². The Morgan fingerprint density at radius 1 is 1.25 bits per heavy atom. The Morgan fingerprint density at radius 3 is 2.46 bits per heavy atom. The van der Waals surface area contributed by atoms with Crippen LogP contribution in [0, 0.1) is 0 Å². The van der Waals surface area contributed by atoms with Crippen molar-refractivity contribution in [3.8, 4) is 0 Å². The molecule has 10 heteroatoms. The molecule has 0 aliphatic heterocycles. The number of esters is 1. The van der Waals surface area contributed by atoms with E-state index in [1.54, 1.807) is 32.9 Å². The smallest absolute Gasteiger partial charge is 0.340 e. The number of hydrogen-bond donors (Lipinski definition) is 2. The summed E-state index contributed by atoms with van der Waals surface area (Å²) >= 11 is 6.12. The van der Waals surface area contributed by atoms with E-state index in [2.05, 4.69) is 5.32 Å². The van der Waals surface area contributed by atoms with Crippen molar-refractivity contribution in [2.75, 3.05) is 5.32 Å². The number of anilines is 1. The van der Waals surface area contributed by atoms with Gasteiger partial charge in [0.2, 0.25) is 5.91 Å². The summed E-state index contributed by atoms with van der Waals surface area (Å²) in [6, 6.07) is 5.81. The fraction of sp³-hybridized carbons (Fsp3) is 0.333. The molecule has 2 N–H and O–H groups in total. The maximum Gasteiger partial charge on any atom is 0.340 e. The Morgan fingerprint density at radius 2 is 1.93 bits per heavy atom. The lowest BCUT2D eigenvalue weighted by molar-refractivity contribution is -0.117. The second-order valence-corrected chi connectivity index (χ2v) is 8.98. The summed E-state index contributed by atoms with van der Waals surface area (Å²) in [7, 11) is -4.25. The van der Waals surface area contributed by atoms with Crippen LogP contribution in [0.25, 0.3) is 0 Å². The van der Waals surface area contributed by atoms with Gasteiger partial charge in [-0.05, 0) is 45.0 Å². The third-order valence-electron chi connectivity index (χ3n) is 3.29. The fourth-order valence-electron chi connectivity index (χ4n) is 2.25. The van der Waals surface area contributed by atoms with Gasteiger partial charge in [0.15, 0.2) is 0 Å². The van der Waals surface area contributed by atoms with Crippen LogP contribution < -0.4 is 10.0 Å². The van der Waals surface area contributed by atoms with Crippen molar-refractivity contribution in [3.05, 3.63) is 46.9 Å². The summed E-state index contributed by atoms with van der Waals surface area (Å²) < 4.78 is 37.2. The highest BCUT2D eigenvalue weighted by Crippen LogP contribution is 2.30. The highest BCUT2D eigenvalue weighted by atomic mass is 35.5. The van der Waals surface area contributed by atoms with Crippen LogP contribution in [-0.4, -0.2) is 25.9 Å². The monoisotopic (exact) mass is 428 g/mol. The molecule has 1 aromatic heterocycles. The molecular weight excluding hydrogens is 408 g/mol. The Labute approximate surface area is 168 Å². The van der Waals surface area contributed by atoms with Crippen molar-refractivity contribution in [3.63, 3.8) is 0 Å². The van der Waals surface area contributed by atoms with Gasteiger partial charge < -0.3 is 14.5 Å². The van der Waals surface area contributed by atoms with E-state index in [4.69, 9.17) is 20.8 Å². The molecule has 0 saturated heterocycles. The van der Waals surface area contributed by atoms with Crippen LogP contribution in [0.1, 0.15) is 43.8 Å². The number of sulfonamides is 1. The Hall–Kier alpha value is -2.52. The molecule has 0 spiro atoms. The Balaban J connectivity index is 2.49. The zero-order valence-corrected chi connectivity index (χ0v) is 17.4. The molecule has 1 aromatic carbocycles. The fourth-order valence-corrected chi connectivity index (χ4v) is 3.79. The number of rotatable bonds is 6. The van der Waals surface area contributed by atoms with Gasteiger partial charge in [0.1, 0.15) is 16.3 Å². The molecule has 1 amide bonds. The topological polar surface area (TPSA) is 115 Å². The van der Waals surface area contributed by atoms with Gasteiger partial charge in [0, 0.05) is 6.92 Å². The molecule has 0 aliphatic rings. The largest absolute Gasteiger partial charge is 0.467 e. The molecule has 0 radical (unpaired) electrons. The van der Waals surface area contributed by atoms with Gasteiger partial charge in [-0.25, -0.2) is 17.9 Å². The van der Waals surface area contributed by atoms with E-state index >= 15 is 0 Å². The predicted octanol–water partition coefficient (Wildman–Crippen LogP) is 3.33. The van der Waals surface area contributed by atoms with E-state index in [0.717, 1.165) is 13.0 Å². The number of furan rings is 1. The van der Waals surface area contributed by atoms with Crippen LogP contribution >= 0.6 is 11.6 Å². The molecule has 0 aliphatic carbocycles. The highest BCUT2D eigenvalue weighted by Gasteiger charge is 2.26. The molecule has 0 saturated carbocycles. The molecule has 2 aromatic rings. The molecule has 0 fully saturated rings. The van der Waals surface area contributed by atoms with Gasteiger partial charge in [-0.3, -0.25) is 4.79 Å². The lowest BCUT2D eigenvalue weighted by Crippen LogP contribution is -2.29. The summed E-state index contributed by atoms with van der Waals surface area (Å²) in [5.41, 5.74) is -0.585. The minimum absolute atomic E-state index is 0.0465. The van der Waals surface area contributed by atoms with Crippen LogP contribution in [0.3, 0.4) is 0 Å². The SMILES string of the molecule is CC(=O)NS(=O)(=O)c1cc(C(=O)OC(C)(C)C)c(NCc2ccco2)cc1Cl. The normalized spacial score (nSPS) is 11.8.